The Kier molecular flexibility index (Phi) is 6.57. The molecule has 10 heteroatoms. The predicted octanol–water partition coefficient (Wildman–Crippen LogP) is 3.79. The largest absolute Gasteiger partial charge is 0.476 e. The van der Waals surface area contributed by atoms with E-state index in [1.54, 1.807) is 23.4 Å². The topological polar surface area (TPSA) is 105 Å². The lowest BCUT2D eigenvalue weighted by Gasteiger charge is -2.37. The molecule has 196 valence electrons. The Labute approximate surface area is 217 Å². The molecular weight excluding hydrogens is 490 g/mol. The fourth-order valence-electron chi connectivity index (χ4n) is 5.31. The first-order valence-corrected chi connectivity index (χ1v) is 14.5. The van der Waals surface area contributed by atoms with Crippen LogP contribution in [-0.2, 0) is 20.2 Å². The van der Waals surface area contributed by atoms with Crippen molar-refractivity contribution in [2.45, 2.75) is 38.0 Å². The average molecular weight is 524 g/mol. The number of likely N-dealkylation sites (N-methyl/N-ethyl adjacent to an activating group) is 1. The van der Waals surface area contributed by atoms with Crippen molar-refractivity contribution in [1.29, 1.82) is 0 Å². The van der Waals surface area contributed by atoms with Crippen LogP contribution in [0.25, 0.3) is 22.0 Å². The summed E-state index contributed by atoms with van der Waals surface area (Å²) in [7, 11) is 0.314. The Morgan fingerprint density at radius 1 is 1.16 bits per heavy atom. The molecule has 0 radical (unpaired) electrons. The van der Waals surface area contributed by atoms with Gasteiger partial charge in [0.25, 0.3) is 0 Å². The number of benzene rings is 1. The van der Waals surface area contributed by atoms with Crippen LogP contribution < -0.4 is 14.4 Å². The minimum Gasteiger partial charge on any atom is -0.476 e. The zero-order valence-corrected chi connectivity index (χ0v) is 22.6. The maximum atomic E-state index is 13.1. The number of rotatable bonds is 9. The van der Waals surface area contributed by atoms with E-state index in [0.29, 0.717) is 12.3 Å². The SMILES string of the molecule is CCN(C)CCCOc1ncc(-c2ccc3ncc4c(c3c2)C2(CCC2)C(=O)N4C)cc1NS(C)(=O)=O. The van der Waals surface area contributed by atoms with Crippen LogP contribution in [0.2, 0.25) is 0 Å². The number of fused-ring (bicyclic) bond motifs is 4. The third-order valence-corrected chi connectivity index (χ3v) is 8.14. The molecule has 37 heavy (non-hydrogen) atoms. The minimum atomic E-state index is -3.54. The first kappa shape index (κ1) is 25.4. The number of hydrogen-bond acceptors (Lipinski definition) is 7. The molecule has 1 amide bonds. The maximum absolute atomic E-state index is 13.1. The standard InChI is InChI=1S/C27H33N5O4S/c1-5-31(2)12-7-13-36-25-22(30-37(4,34)35)15-19(16-29-25)18-8-9-21-20(14-18)24-23(17-28-21)32(3)26(33)27(24)10-6-11-27/h8-9,14-17,30H,5-7,10-13H2,1-4H3. The van der Waals surface area contributed by atoms with Crippen LogP contribution >= 0.6 is 0 Å². The van der Waals surface area contributed by atoms with Crippen LogP contribution in [0.1, 0.15) is 38.2 Å². The highest BCUT2D eigenvalue weighted by Crippen LogP contribution is 2.55. The molecule has 9 nitrogen and oxygen atoms in total. The summed E-state index contributed by atoms with van der Waals surface area (Å²) in [6, 6.07) is 7.67. The molecule has 1 fully saturated rings. The molecule has 5 rings (SSSR count). The molecule has 1 spiro atoms. The van der Waals surface area contributed by atoms with Crippen LogP contribution in [0, 0.1) is 0 Å². The highest BCUT2D eigenvalue weighted by Gasteiger charge is 2.54. The second-order valence-electron chi connectivity index (χ2n) is 10.1. The number of nitrogens with zero attached hydrogens (tertiary/aromatic N) is 4. The number of carbonyl (C=O) groups is 1. The van der Waals surface area contributed by atoms with Crippen molar-refractivity contribution in [2.24, 2.45) is 0 Å². The molecule has 1 aliphatic heterocycles. The summed E-state index contributed by atoms with van der Waals surface area (Å²) in [4.78, 5) is 26.1. The first-order valence-electron chi connectivity index (χ1n) is 12.6. The molecular formula is C27H33N5O4S. The van der Waals surface area contributed by atoms with Gasteiger partial charge in [0.1, 0.15) is 5.69 Å². The Balaban J connectivity index is 1.52. The van der Waals surface area contributed by atoms with Crippen LogP contribution in [0.4, 0.5) is 11.4 Å². The predicted molar refractivity (Wildman–Crippen MR) is 146 cm³/mol. The monoisotopic (exact) mass is 523 g/mol. The van der Waals surface area contributed by atoms with E-state index >= 15 is 0 Å². The van der Waals surface area contributed by atoms with E-state index in [2.05, 4.69) is 26.5 Å². The molecule has 2 aliphatic rings. The van der Waals surface area contributed by atoms with Crippen molar-refractivity contribution in [3.8, 4) is 17.0 Å². The zero-order chi connectivity index (χ0) is 26.4. The number of nitrogens with one attached hydrogen (secondary N) is 1. The number of sulfonamides is 1. The molecule has 2 aromatic heterocycles. The number of anilines is 2. The molecule has 0 bridgehead atoms. The van der Waals surface area contributed by atoms with Crippen molar-refractivity contribution in [3.05, 3.63) is 42.2 Å². The molecule has 0 unspecified atom stereocenters. The molecule has 1 saturated carbocycles. The number of hydrogen-bond donors (Lipinski definition) is 1. The lowest BCUT2D eigenvalue weighted by Crippen LogP contribution is -2.43. The Morgan fingerprint density at radius 2 is 1.95 bits per heavy atom. The third kappa shape index (κ3) is 4.64. The second kappa shape index (κ2) is 9.57. The Bertz CT molecular complexity index is 1470. The first-order chi connectivity index (χ1) is 17.6. The maximum Gasteiger partial charge on any atom is 0.238 e. The van der Waals surface area contributed by atoms with Gasteiger partial charge in [0.05, 0.1) is 35.7 Å². The summed E-state index contributed by atoms with van der Waals surface area (Å²) in [5.74, 6) is 0.388. The van der Waals surface area contributed by atoms with Gasteiger partial charge in [-0.3, -0.25) is 14.5 Å². The smallest absolute Gasteiger partial charge is 0.238 e. The van der Waals surface area contributed by atoms with Crippen molar-refractivity contribution in [1.82, 2.24) is 14.9 Å². The van der Waals surface area contributed by atoms with Crippen molar-refractivity contribution >= 4 is 38.2 Å². The van der Waals surface area contributed by atoms with Crippen molar-refractivity contribution in [2.75, 3.05) is 49.7 Å². The van der Waals surface area contributed by atoms with Gasteiger partial charge < -0.3 is 14.5 Å². The van der Waals surface area contributed by atoms with Gasteiger partial charge in [-0.2, -0.15) is 0 Å². The summed E-state index contributed by atoms with van der Waals surface area (Å²) >= 11 is 0. The van der Waals surface area contributed by atoms with Crippen LogP contribution in [0.5, 0.6) is 5.88 Å². The van der Waals surface area contributed by atoms with Crippen LogP contribution in [0.15, 0.2) is 36.7 Å². The molecule has 1 N–H and O–H groups in total. The normalized spacial score (nSPS) is 16.4. The summed E-state index contributed by atoms with van der Waals surface area (Å²) in [5, 5.41) is 0.949. The summed E-state index contributed by atoms with van der Waals surface area (Å²) < 4.78 is 32.6. The third-order valence-electron chi connectivity index (χ3n) is 7.55. The van der Waals surface area contributed by atoms with Crippen LogP contribution in [-0.4, -0.2) is 69.2 Å². The van der Waals surface area contributed by atoms with Gasteiger partial charge >= 0.3 is 0 Å². The number of pyridine rings is 2. The quantitative estimate of drug-likeness (QED) is 0.426. The van der Waals surface area contributed by atoms with E-state index in [1.807, 2.05) is 32.3 Å². The molecule has 0 atom stereocenters. The van der Waals surface area contributed by atoms with E-state index < -0.39 is 15.4 Å². The Morgan fingerprint density at radius 3 is 2.62 bits per heavy atom. The summed E-state index contributed by atoms with van der Waals surface area (Å²) in [6.45, 7) is 4.34. The van der Waals surface area contributed by atoms with Gasteiger partial charge in [-0.05, 0) is 56.6 Å². The number of ether oxygens (including phenoxy) is 1. The molecule has 3 aromatic rings. The lowest BCUT2D eigenvalue weighted by molar-refractivity contribution is -0.125. The number of carbonyl (C=O) groups excluding carboxylic acids is 1. The fourth-order valence-corrected chi connectivity index (χ4v) is 5.86. The highest BCUT2D eigenvalue weighted by atomic mass is 32.2. The summed E-state index contributed by atoms with van der Waals surface area (Å²) in [5.41, 5.74) is 4.18. The number of aromatic nitrogens is 2. The summed E-state index contributed by atoms with van der Waals surface area (Å²) in [6.07, 6.45) is 8.11. The fraction of sp³-hybridized carbons (Fsp3) is 0.444. The number of amides is 1. The van der Waals surface area contributed by atoms with E-state index in [0.717, 1.165) is 78.3 Å². The lowest BCUT2D eigenvalue weighted by atomic mass is 9.64. The second-order valence-corrected chi connectivity index (χ2v) is 11.8. The van der Waals surface area contributed by atoms with E-state index in [9.17, 15) is 13.2 Å². The van der Waals surface area contributed by atoms with E-state index in [1.165, 1.54) is 0 Å². The van der Waals surface area contributed by atoms with Crippen molar-refractivity contribution < 1.29 is 17.9 Å². The molecule has 1 aromatic carbocycles. The highest BCUT2D eigenvalue weighted by molar-refractivity contribution is 7.92. The van der Waals surface area contributed by atoms with Gasteiger partial charge in [-0.25, -0.2) is 13.4 Å². The Hall–Kier alpha value is -3.24. The van der Waals surface area contributed by atoms with Crippen molar-refractivity contribution in [3.63, 3.8) is 0 Å². The average Bonchev–Trinajstić information content (AvgIpc) is 3.08. The molecule has 3 heterocycles. The van der Waals surface area contributed by atoms with Gasteiger partial charge in [0.15, 0.2) is 0 Å². The van der Waals surface area contributed by atoms with E-state index in [4.69, 9.17) is 4.74 Å². The zero-order valence-electron chi connectivity index (χ0n) is 21.7. The van der Waals surface area contributed by atoms with Gasteiger partial charge in [0.2, 0.25) is 21.8 Å². The molecule has 0 saturated heterocycles. The van der Waals surface area contributed by atoms with Gasteiger partial charge in [0, 0.05) is 36.3 Å². The van der Waals surface area contributed by atoms with Gasteiger partial charge in [-0.15, -0.1) is 0 Å². The van der Waals surface area contributed by atoms with Crippen LogP contribution in [0.3, 0.4) is 0 Å². The molecule has 1 aliphatic carbocycles. The van der Waals surface area contributed by atoms with E-state index in [-0.39, 0.29) is 11.8 Å². The minimum absolute atomic E-state index is 0.140. The van der Waals surface area contributed by atoms with Gasteiger partial charge in [-0.1, -0.05) is 19.4 Å².